The van der Waals surface area contributed by atoms with Gasteiger partial charge in [0.15, 0.2) is 5.76 Å². The molecule has 0 atom stereocenters. The molecule has 1 amide bonds. The zero-order chi connectivity index (χ0) is 17.6. The number of likely N-dealkylation sites (tertiary alicyclic amines) is 1. The van der Waals surface area contributed by atoms with E-state index in [1.165, 1.54) is 31.4 Å². The lowest BCUT2D eigenvalue weighted by Gasteiger charge is -2.25. The molecule has 0 saturated carbocycles. The molecule has 1 saturated heterocycles. The fourth-order valence-electron chi connectivity index (χ4n) is 2.88. The van der Waals surface area contributed by atoms with Crippen molar-refractivity contribution in [2.75, 3.05) is 18.4 Å². The van der Waals surface area contributed by atoms with Gasteiger partial charge in [0, 0.05) is 0 Å². The van der Waals surface area contributed by atoms with Crippen LogP contribution in [0.5, 0.6) is 5.75 Å². The summed E-state index contributed by atoms with van der Waals surface area (Å²) in [5, 5.41) is 2.54. The quantitative estimate of drug-likeness (QED) is 0.851. The van der Waals surface area contributed by atoms with Crippen LogP contribution in [0.25, 0.3) is 0 Å². The number of rotatable bonds is 6. The molecule has 3 rings (SSSR count). The van der Waals surface area contributed by atoms with Crippen molar-refractivity contribution in [1.82, 2.24) is 4.90 Å². The zero-order valence-electron chi connectivity index (χ0n) is 13.7. The summed E-state index contributed by atoms with van der Waals surface area (Å²) in [6.45, 7) is -0.239. The number of para-hydroxylation sites is 2. The first kappa shape index (κ1) is 17.4. The van der Waals surface area contributed by atoms with Gasteiger partial charge in [-0.05, 0) is 50.2 Å². The summed E-state index contributed by atoms with van der Waals surface area (Å²) in [6, 6.07) is 9.39. The number of hydrogen-bond acceptors (Lipinski definition) is 4. The Morgan fingerprint density at radius 2 is 1.92 bits per heavy atom. The predicted octanol–water partition coefficient (Wildman–Crippen LogP) is 4.12. The number of hydrogen-bond donors (Lipinski definition) is 1. The van der Waals surface area contributed by atoms with E-state index in [1.807, 2.05) is 0 Å². The fourth-order valence-corrected chi connectivity index (χ4v) is 2.88. The van der Waals surface area contributed by atoms with Crippen LogP contribution in [0.2, 0.25) is 0 Å². The van der Waals surface area contributed by atoms with Gasteiger partial charge in [-0.15, -0.1) is 0 Å². The highest BCUT2D eigenvalue weighted by Crippen LogP contribution is 2.26. The van der Waals surface area contributed by atoms with Gasteiger partial charge in [0.1, 0.15) is 11.5 Å². The minimum Gasteiger partial charge on any atom is -0.455 e. The van der Waals surface area contributed by atoms with Crippen molar-refractivity contribution in [3.8, 4) is 5.75 Å². The summed E-state index contributed by atoms with van der Waals surface area (Å²) in [6.07, 6.45) is 3.60. The maximum absolute atomic E-state index is 12.4. The molecule has 0 bridgehead atoms. The van der Waals surface area contributed by atoms with E-state index < -0.39 is 12.5 Å². The van der Waals surface area contributed by atoms with Gasteiger partial charge in [0.25, 0.3) is 5.91 Å². The van der Waals surface area contributed by atoms with Gasteiger partial charge in [-0.3, -0.25) is 9.69 Å². The van der Waals surface area contributed by atoms with E-state index in [2.05, 4.69) is 15.0 Å². The third-order valence-electron chi connectivity index (χ3n) is 4.06. The van der Waals surface area contributed by atoms with Crippen LogP contribution in [0.1, 0.15) is 35.6 Å². The lowest BCUT2D eigenvalue weighted by Crippen LogP contribution is -2.28. The average Bonchev–Trinajstić information content (AvgIpc) is 3.06. The summed E-state index contributed by atoms with van der Waals surface area (Å²) < 4.78 is 34.9. The molecule has 2 aromatic rings. The maximum Gasteiger partial charge on any atom is 0.387 e. The highest BCUT2D eigenvalue weighted by Gasteiger charge is 2.17. The summed E-state index contributed by atoms with van der Waals surface area (Å²) in [5.74, 6) is 0.254. The number of nitrogens with one attached hydrogen (secondary N) is 1. The molecular weight excluding hydrogens is 330 g/mol. The fraction of sp³-hybridized carbons (Fsp3) is 0.389. The van der Waals surface area contributed by atoms with Crippen LogP contribution in [-0.4, -0.2) is 30.5 Å². The van der Waals surface area contributed by atoms with Crippen molar-refractivity contribution >= 4 is 11.6 Å². The Bertz CT molecular complexity index is 712. The summed E-state index contributed by atoms with van der Waals surface area (Å²) in [4.78, 5) is 14.6. The number of halogens is 2. The number of amides is 1. The number of furan rings is 1. The summed E-state index contributed by atoms with van der Waals surface area (Å²) in [5.41, 5.74) is 0.168. The molecule has 2 heterocycles. The predicted molar refractivity (Wildman–Crippen MR) is 88.9 cm³/mol. The number of benzene rings is 1. The third kappa shape index (κ3) is 4.79. The molecule has 25 heavy (non-hydrogen) atoms. The Balaban J connectivity index is 1.64. The second-order valence-corrected chi connectivity index (χ2v) is 5.93. The number of carbonyl (C=O) groups is 1. The first-order valence-electron chi connectivity index (χ1n) is 8.28. The van der Waals surface area contributed by atoms with Gasteiger partial charge in [-0.25, -0.2) is 0 Å². The van der Waals surface area contributed by atoms with Crippen LogP contribution in [0.3, 0.4) is 0 Å². The van der Waals surface area contributed by atoms with Crippen LogP contribution < -0.4 is 10.1 Å². The molecule has 1 fully saturated rings. The molecule has 0 radical (unpaired) electrons. The average molecular weight is 350 g/mol. The molecule has 0 spiro atoms. The summed E-state index contributed by atoms with van der Waals surface area (Å²) in [7, 11) is 0. The maximum atomic E-state index is 12.4. The van der Waals surface area contributed by atoms with Gasteiger partial charge < -0.3 is 14.5 Å². The van der Waals surface area contributed by atoms with Crippen molar-refractivity contribution in [2.24, 2.45) is 0 Å². The van der Waals surface area contributed by atoms with Gasteiger partial charge in [0.05, 0.1) is 12.2 Å². The van der Waals surface area contributed by atoms with E-state index in [9.17, 15) is 13.6 Å². The second-order valence-electron chi connectivity index (χ2n) is 5.93. The normalized spacial score (nSPS) is 15.3. The molecule has 0 unspecified atom stereocenters. The van der Waals surface area contributed by atoms with Crippen molar-refractivity contribution in [3.05, 3.63) is 47.9 Å². The lowest BCUT2D eigenvalue weighted by molar-refractivity contribution is -0.0493. The topological polar surface area (TPSA) is 54.7 Å². The number of carbonyl (C=O) groups excluding carboxylic acids is 1. The minimum absolute atomic E-state index is 0.0917. The van der Waals surface area contributed by atoms with Crippen LogP contribution >= 0.6 is 0 Å². The van der Waals surface area contributed by atoms with Crippen LogP contribution in [0, 0.1) is 0 Å². The zero-order valence-corrected chi connectivity index (χ0v) is 13.7. The van der Waals surface area contributed by atoms with E-state index in [0.717, 1.165) is 13.1 Å². The second kappa shape index (κ2) is 8.11. The van der Waals surface area contributed by atoms with E-state index >= 15 is 0 Å². The Kier molecular flexibility index (Phi) is 5.65. The van der Waals surface area contributed by atoms with Crippen LogP contribution in [-0.2, 0) is 6.54 Å². The highest BCUT2D eigenvalue weighted by atomic mass is 19.3. The number of ether oxygens (including phenoxy) is 1. The first-order chi connectivity index (χ1) is 12.1. The molecule has 1 aromatic heterocycles. The highest BCUT2D eigenvalue weighted by molar-refractivity contribution is 6.03. The molecule has 134 valence electrons. The van der Waals surface area contributed by atoms with E-state index in [1.54, 1.807) is 24.3 Å². The van der Waals surface area contributed by atoms with Crippen molar-refractivity contribution < 1.29 is 22.7 Å². The SMILES string of the molecule is O=C(Nc1ccccc1OC(F)F)c1ccc(CN2CCCCC2)o1. The Hall–Kier alpha value is -2.41. The van der Waals surface area contributed by atoms with E-state index in [0.29, 0.717) is 12.3 Å². The van der Waals surface area contributed by atoms with E-state index in [-0.39, 0.29) is 17.2 Å². The van der Waals surface area contributed by atoms with E-state index in [4.69, 9.17) is 4.42 Å². The summed E-state index contributed by atoms with van der Waals surface area (Å²) >= 11 is 0. The monoisotopic (exact) mass is 350 g/mol. The molecule has 7 heteroatoms. The molecule has 5 nitrogen and oxygen atoms in total. The van der Waals surface area contributed by atoms with Crippen molar-refractivity contribution in [2.45, 2.75) is 32.4 Å². The number of piperidine rings is 1. The molecule has 1 aliphatic rings. The Morgan fingerprint density at radius 1 is 1.16 bits per heavy atom. The van der Waals surface area contributed by atoms with Crippen molar-refractivity contribution in [3.63, 3.8) is 0 Å². The smallest absolute Gasteiger partial charge is 0.387 e. The van der Waals surface area contributed by atoms with Gasteiger partial charge in [0.2, 0.25) is 0 Å². The first-order valence-corrected chi connectivity index (χ1v) is 8.28. The lowest BCUT2D eigenvalue weighted by atomic mass is 10.1. The molecule has 1 aromatic carbocycles. The molecular formula is C18H20F2N2O3. The van der Waals surface area contributed by atoms with Gasteiger partial charge >= 0.3 is 6.61 Å². The van der Waals surface area contributed by atoms with Gasteiger partial charge in [-0.2, -0.15) is 8.78 Å². The molecule has 1 aliphatic heterocycles. The number of anilines is 1. The van der Waals surface area contributed by atoms with Crippen LogP contribution in [0.4, 0.5) is 14.5 Å². The van der Waals surface area contributed by atoms with Crippen molar-refractivity contribution in [1.29, 1.82) is 0 Å². The largest absolute Gasteiger partial charge is 0.455 e. The minimum atomic E-state index is -2.96. The number of nitrogens with zero attached hydrogens (tertiary/aromatic N) is 1. The van der Waals surface area contributed by atoms with Crippen LogP contribution in [0.15, 0.2) is 40.8 Å². The Labute approximate surface area is 144 Å². The Morgan fingerprint density at radius 3 is 2.68 bits per heavy atom. The van der Waals surface area contributed by atoms with Gasteiger partial charge in [-0.1, -0.05) is 18.6 Å². The molecule has 0 aliphatic carbocycles. The number of alkyl halides is 2. The molecule has 1 N–H and O–H groups in total. The third-order valence-corrected chi connectivity index (χ3v) is 4.06. The standard InChI is InChI=1S/C18H20F2N2O3/c19-18(20)25-15-7-3-2-6-14(15)21-17(23)16-9-8-13(24-16)12-22-10-4-1-5-11-22/h2-3,6-9,18H,1,4-5,10-12H2,(H,21,23).